The minimum absolute atomic E-state index is 0.496. The van der Waals surface area contributed by atoms with Crippen molar-refractivity contribution in [2.75, 3.05) is 31.1 Å². The van der Waals surface area contributed by atoms with E-state index in [1.54, 1.807) is 11.3 Å². The second-order valence-electron chi connectivity index (χ2n) is 6.44. The third-order valence-corrected chi connectivity index (χ3v) is 6.67. The topological polar surface area (TPSA) is 52.6 Å². The number of thiophene rings is 1. The first-order valence-electron chi connectivity index (χ1n) is 9.55. The van der Waals surface area contributed by atoms with Crippen LogP contribution in [0.4, 0.5) is 5.00 Å². The molecule has 0 aromatic carbocycles. The van der Waals surface area contributed by atoms with Crippen LogP contribution < -0.4 is 15.5 Å². The van der Waals surface area contributed by atoms with Gasteiger partial charge in [0.05, 0.1) is 10.0 Å². The van der Waals surface area contributed by atoms with Crippen molar-refractivity contribution in [1.82, 2.24) is 15.6 Å². The average Bonchev–Trinajstić information content (AvgIpc) is 3.34. The Balaban J connectivity index is 1.47. The summed E-state index contributed by atoms with van der Waals surface area (Å²) in [6.07, 6.45) is 6.27. The molecule has 0 saturated carbocycles. The Hall–Kier alpha value is -1.60. The van der Waals surface area contributed by atoms with Gasteiger partial charge < -0.3 is 15.5 Å². The van der Waals surface area contributed by atoms with Crippen LogP contribution in [-0.2, 0) is 12.8 Å². The van der Waals surface area contributed by atoms with Crippen LogP contribution in [0.25, 0.3) is 0 Å². The zero-order chi connectivity index (χ0) is 18.2. The molecule has 0 bridgehead atoms. The van der Waals surface area contributed by atoms with Crippen molar-refractivity contribution in [3.8, 4) is 0 Å². The van der Waals surface area contributed by atoms with Crippen LogP contribution in [0.2, 0.25) is 0 Å². The summed E-state index contributed by atoms with van der Waals surface area (Å²) in [4.78, 5) is 13.1. The molecule has 1 saturated heterocycles. The van der Waals surface area contributed by atoms with Gasteiger partial charge in [0, 0.05) is 49.7 Å². The second-order valence-corrected chi connectivity index (χ2v) is 8.57. The first-order chi connectivity index (χ1) is 12.8. The zero-order valence-corrected chi connectivity index (χ0v) is 17.3. The smallest absolute Gasteiger partial charge is 0.191 e. The van der Waals surface area contributed by atoms with Crippen LogP contribution in [0.5, 0.6) is 0 Å². The predicted molar refractivity (Wildman–Crippen MR) is 114 cm³/mol. The third kappa shape index (κ3) is 5.45. The molecule has 2 aromatic heterocycles. The van der Waals surface area contributed by atoms with Crippen LogP contribution in [0.1, 0.15) is 36.6 Å². The quantitative estimate of drug-likeness (QED) is 0.560. The molecule has 26 heavy (non-hydrogen) atoms. The third-order valence-electron chi connectivity index (χ3n) is 4.54. The van der Waals surface area contributed by atoms with E-state index in [1.165, 1.54) is 14.9 Å². The molecule has 0 amide bonds. The summed E-state index contributed by atoms with van der Waals surface area (Å²) >= 11 is 3.64. The molecule has 3 rings (SSSR count). The lowest BCUT2D eigenvalue weighted by Gasteiger charge is -2.33. The number of aromatic nitrogens is 1. The number of rotatable bonds is 7. The van der Waals surface area contributed by atoms with Crippen molar-refractivity contribution in [2.24, 2.45) is 4.99 Å². The number of guanidine groups is 1. The first kappa shape index (κ1) is 19.2. The molecular formula is C19H29N5S2. The zero-order valence-electron chi connectivity index (χ0n) is 15.7. The van der Waals surface area contributed by atoms with Crippen molar-refractivity contribution in [3.05, 3.63) is 33.6 Å². The minimum Gasteiger partial charge on any atom is -0.363 e. The van der Waals surface area contributed by atoms with Crippen LogP contribution in [0.15, 0.2) is 28.7 Å². The summed E-state index contributed by atoms with van der Waals surface area (Å²) in [6, 6.07) is 4.84. The Morgan fingerprint density at radius 3 is 2.85 bits per heavy atom. The minimum atomic E-state index is 0.496. The van der Waals surface area contributed by atoms with Crippen LogP contribution in [-0.4, -0.2) is 43.2 Å². The molecule has 0 aliphatic carbocycles. The van der Waals surface area contributed by atoms with E-state index in [9.17, 15) is 0 Å². The molecule has 0 radical (unpaired) electrons. The molecule has 2 N–H and O–H groups in total. The van der Waals surface area contributed by atoms with E-state index in [-0.39, 0.29) is 0 Å². The van der Waals surface area contributed by atoms with E-state index >= 15 is 0 Å². The highest BCUT2D eigenvalue weighted by molar-refractivity contribution is 7.14. The number of hydrogen-bond donors (Lipinski definition) is 2. The molecular weight excluding hydrogens is 362 g/mol. The monoisotopic (exact) mass is 391 g/mol. The molecule has 5 nitrogen and oxygen atoms in total. The van der Waals surface area contributed by atoms with E-state index in [0.29, 0.717) is 6.04 Å². The molecule has 0 unspecified atom stereocenters. The summed E-state index contributed by atoms with van der Waals surface area (Å²) in [5.41, 5.74) is 0. The summed E-state index contributed by atoms with van der Waals surface area (Å²) in [5.74, 6) is 0.939. The number of thiazole rings is 1. The maximum absolute atomic E-state index is 4.76. The van der Waals surface area contributed by atoms with Gasteiger partial charge >= 0.3 is 0 Å². The van der Waals surface area contributed by atoms with Gasteiger partial charge in [-0.05, 0) is 43.7 Å². The van der Waals surface area contributed by atoms with Gasteiger partial charge in [0.15, 0.2) is 5.96 Å². The molecule has 3 heterocycles. The maximum atomic E-state index is 4.76. The number of nitrogens with one attached hydrogen (secondary N) is 2. The van der Waals surface area contributed by atoms with Gasteiger partial charge in [-0.2, -0.15) is 0 Å². The van der Waals surface area contributed by atoms with Gasteiger partial charge in [0.1, 0.15) is 0 Å². The van der Waals surface area contributed by atoms with Gasteiger partial charge in [-0.15, -0.1) is 22.7 Å². The second kappa shape index (κ2) is 9.92. The summed E-state index contributed by atoms with van der Waals surface area (Å²) in [6.45, 7) is 8.17. The first-order valence-corrected chi connectivity index (χ1v) is 11.2. The number of anilines is 1. The molecule has 1 aliphatic rings. The van der Waals surface area contributed by atoms with Crippen molar-refractivity contribution >= 4 is 33.6 Å². The Labute approximate surface area is 164 Å². The normalized spacial score (nSPS) is 16.1. The Morgan fingerprint density at radius 2 is 2.19 bits per heavy atom. The standard InChI is InChI=1S/C19H29N5S2/c1-3-16-14-22-17(26-16)7-10-21-19(20-4-2)23-15-8-11-24(12-9-15)18-6-5-13-25-18/h5-6,13-15H,3-4,7-12H2,1-2H3,(H2,20,21,23). The number of hydrogen-bond acceptors (Lipinski definition) is 5. The van der Waals surface area contributed by atoms with E-state index in [1.807, 2.05) is 17.5 Å². The van der Waals surface area contributed by atoms with Gasteiger partial charge in [-0.3, -0.25) is 4.99 Å². The fraction of sp³-hybridized carbons (Fsp3) is 0.579. The van der Waals surface area contributed by atoms with Crippen molar-refractivity contribution < 1.29 is 0 Å². The van der Waals surface area contributed by atoms with Gasteiger partial charge in [-0.1, -0.05) is 6.92 Å². The largest absolute Gasteiger partial charge is 0.363 e. The van der Waals surface area contributed by atoms with Gasteiger partial charge in [-0.25, -0.2) is 4.98 Å². The van der Waals surface area contributed by atoms with Crippen LogP contribution in [0, 0.1) is 0 Å². The van der Waals surface area contributed by atoms with E-state index < -0.39 is 0 Å². The lowest BCUT2D eigenvalue weighted by atomic mass is 10.1. The van der Waals surface area contributed by atoms with Crippen molar-refractivity contribution in [2.45, 2.75) is 45.6 Å². The molecule has 2 aromatic rings. The van der Waals surface area contributed by atoms with Crippen LogP contribution in [0.3, 0.4) is 0 Å². The fourth-order valence-electron chi connectivity index (χ4n) is 3.10. The molecule has 1 aliphatic heterocycles. The number of piperidine rings is 1. The molecule has 0 atom stereocenters. The summed E-state index contributed by atoms with van der Waals surface area (Å²) in [5, 5.41) is 11.7. The summed E-state index contributed by atoms with van der Waals surface area (Å²) in [7, 11) is 0. The number of aryl methyl sites for hydroxylation is 1. The lowest BCUT2D eigenvalue weighted by Crippen LogP contribution is -2.48. The number of nitrogens with zero attached hydrogens (tertiary/aromatic N) is 3. The van der Waals surface area contributed by atoms with Crippen molar-refractivity contribution in [1.29, 1.82) is 0 Å². The highest BCUT2D eigenvalue weighted by Crippen LogP contribution is 2.24. The predicted octanol–water partition coefficient (Wildman–Crippen LogP) is 3.53. The molecule has 7 heteroatoms. The molecule has 142 valence electrons. The maximum Gasteiger partial charge on any atom is 0.191 e. The Bertz CT molecular complexity index is 672. The summed E-state index contributed by atoms with van der Waals surface area (Å²) < 4.78 is 0. The SMILES string of the molecule is CCNC(=NCCc1ncc(CC)s1)NC1CCN(c2cccs2)CC1. The van der Waals surface area contributed by atoms with Gasteiger partial charge in [0.2, 0.25) is 0 Å². The van der Waals surface area contributed by atoms with Crippen LogP contribution >= 0.6 is 22.7 Å². The molecule has 0 spiro atoms. The average molecular weight is 392 g/mol. The van der Waals surface area contributed by atoms with E-state index in [4.69, 9.17) is 4.99 Å². The molecule has 1 fully saturated rings. The Morgan fingerprint density at radius 1 is 1.35 bits per heavy atom. The lowest BCUT2D eigenvalue weighted by molar-refractivity contribution is 0.463. The number of aliphatic imine (C=N–C) groups is 1. The van der Waals surface area contributed by atoms with E-state index in [2.05, 4.69) is 51.9 Å². The Kier molecular flexibility index (Phi) is 7.32. The highest BCUT2D eigenvalue weighted by atomic mass is 32.1. The van der Waals surface area contributed by atoms with Gasteiger partial charge in [0.25, 0.3) is 0 Å². The van der Waals surface area contributed by atoms with Crippen molar-refractivity contribution in [3.63, 3.8) is 0 Å². The highest BCUT2D eigenvalue weighted by Gasteiger charge is 2.20. The van der Waals surface area contributed by atoms with E-state index in [0.717, 1.165) is 57.8 Å². The fourth-order valence-corrected chi connectivity index (χ4v) is 4.73.